The van der Waals surface area contributed by atoms with Gasteiger partial charge >= 0.3 is 0 Å². The van der Waals surface area contributed by atoms with Crippen LogP contribution in [0.1, 0.15) is 67.1 Å². The van der Waals surface area contributed by atoms with E-state index in [1.807, 2.05) is 30.5 Å². The summed E-state index contributed by atoms with van der Waals surface area (Å²) in [6.45, 7) is 4.35. The lowest BCUT2D eigenvalue weighted by atomic mass is 9.71. The standard InChI is InChI=1S/C25H28ClN3/c1-16-17(2)27-14-11-22(16)18-3-7-20(8-4-18)25(12-13-25)24-28-15-23(29-24)19-5-9-21(26)10-6-19/h5-6,9-11,14-15,18,20H,3-4,7-8,12-13H2,1-2H3,(H,28,29). The number of aromatic nitrogens is 3. The molecule has 2 heterocycles. The second-order valence-corrected chi connectivity index (χ2v) is 9.39. The Morgan fingerprint density at radius 3 is 2.41 bits per heavy atom. The van der Waals surface area contributed by atoms with Gasteiger partial charge in [-0.25, -0.2) is 4.98 Å². The van der Waals surface area contributed by atoms with E-state index in [-0.39, 0.29) is 5.41 Å². The normalized spacial score (nSPS) is 23.1. The third kappa shape index (κ3) is 3.40. The number of hydrogen-bond donors (Lipinski definition) is 1. The maximum Gasteiger partial charge on any atom is 0.113 e. The largest absolute Gasteiger partial charge is 0.347 e. The Bertz CT molecular complexity index is 1010. The lowest BCUT2D eigenvalue weighted by Gasteiger charge is -2.34. The van der Waals surface area contributed by atoms with Crippen molar-refractivity contribution in [2.24, 2.45) is 5.92 Å². The molecule has 2 fully saturated rings. The van der Waals surface area contributed by atoms with Gasteiger partial charge in [0, 0.05) is 34.1 Å². The molecule has 1 N–H and O–H groups in total. The van der Waals surface area contributed by atoms with Crippen LogP contribution in [0.25, 0.3) is 11.3 Å². The molecular formula is C25H28ClN3. The molecular weight excluding hydrogens is 378 g/mol. The minimum Gasteiger partial charge on any atom is -0.347 e. The molecule has 2 aliphatic carbocycles. The van der Waals surface area contributed by atoms with Crippen LogP contribution < -0.4 is 0 Å². The van der Waals surface area contributed by atoms with Gasteiger partial charge in [-0.3, -0.25) is 4.98 Å². The number of benzene rings is 1. The van der Waals surface area contributed by atoms with Crippen molar-refractivity contribution in [3.05, 3.63) is 70.4 Å². The van der Waals surface area contributed by atoms with Crippen molar-refractivity contribution in [2.75, 3.05) is 0 Å². The van der Waals surface area contributed by atoms with Crippen molar-refractivity contribution in [3.63, 3.8) is 0 Å². The number of hydrogen-bond acceptors (Lipinski definition) is 2. The predicted octanol–water partition coefficient (Wildman–Crippen LogP) is 6.75. The third-order valence-corrected chi connectivity index (χ3v) is 7.68. The highest BCUT2D eigenvalue weighted by Gasteiger charge is 2.53. The summed E-state index contributed by atoms with van der Waals surface area (Å²) in [6, 6.07) is 10.2. The minimum atomic E-state index is 0.277. The molecule has 2 aromatic heterocycles. The van der Waals surface area contributed by atoms with E-state index in [2.05, 4.69) is 36.1 Å². The first-order valence-electron chi connectivity index (χ1n) is 10.8. The monoisotopic (exact) mass is 405 g/mol. The van der Waals surface area contributed by atoms with Crippen LogP contribution in [0.2, 0.25) is 5.02 Å². The van der Waals surface area contributed by atoms with Crippen LogP contribution in [0.4, 0.5) is 0 Å². The van der Waals surface area contributed by atoms with E-state index in [1.54, 1.807) is 0 Å². The number of pyridine rings is 1. The number of nitrogens with one attached hydrogen (secondary N) is 1. The molecule has 0 unspecified atom stereocenters. The Hall–Kier alpha value is -2.13. The highest BCUT2D eigenvalue weighted by atomic mass is 35.5. The van der Waals surface area contributed by atoms with Crippen LogP contribution in [-0.4, -0.2) is 15.0 Å². The molecule has 0 spiro atoms. The average Bonchev–Trinajstić information content (AvgIpc) is 3.40. The Morgan fingerprint density at radius 1 is 1.00 bits per heavy atom. The first kappa shape index (κ1) is 18.9. The summed E-state index contributed by atoms with van der Waals surface area (Å²) < 4.78 is 0. The summed E-state index contributed by atoms with van der Waals surface area (Å²) in [6.07, 6.45) is 11.7. The van der Waals surface area contributed by atoms with Gasteiger partial charge in [0.1, 0.15) is 5.82 Å². The van der Waals surface area contributed by atoms with E-state index >= 15 is 0 Å². The minimum absolute atomic E-state index is 0.277. The van der Waals surface area contributed by atoms with Gasteiger partial charge in [-0.15, -0.1) is 0 Å². The summed E-state index contributed by atoms with van der Waals surface area (Å²) in [4.78, 5) is 13.0. The fourth-order valence-electron chi connectivity index (χ4n) is 5.38. The summed E-state index contributed by atoms with van der Waals surface area (Å²) in [5.74, 6) is 2.62. The maximum absolute atomic E-state index is 6.03. The highest BCUT2D eigenvalue weighted by Crippen LogP contribution is 2.58. The number of halogens is 1. The Kier molecular flexibility index (Phi) is 4.74. The van der Waals surface area contributed by atoms with Crippen molar-refractivity contribution in [3.8, 4) is 11.3 Å². The molecule has 0 bridgehead atoms. The first-order valence-corrected chi connectivity index (χ1v) is 11.2. The van der Waals surface area contributed by atoms with Gasteiger partial charge in [0.2, 0.25) is 0 Å². The molecule has 5 rings (SSSR count). The number of aromatic amines is 1. The molecule has 3 nitrogen and oxygen atoms in total. The van der Waals surface area contributed by atoms with Crippen LogP contribution in [0.3, 0.4) is 0 Å². The molecule has 0 saturated heterocycles. The molecule has 0 radical (unpaired) electrons. The Morgan fingerprint density at radius 2 is 1.72 bits per heavy atom. The number of H-pyrrole nitrogens is 1. The molecule has 2 aliphatic rings. The van der Waals surface area contributed by atoms with E-state index in [9.17, 15) is 0 Å². The van der Waals surface area contributed by atoms with Crippen molar-refractivity contribution < 1.29 is 0 Å². The average molecular weight is 406 g/mol. The number of aryl methyl sites for hydroxylation is 1. The van der Waals surface area contributed by atoms with E-state index in [0.29, 0.717) is 5.92 Å². The molecule has 29 heavy (non-hydrogen) atoms. The second kappa shape index (κ2) is 7.28. The van der Waals surface area contributed by atoms with Crippen LogP contribution >= 0.6 is 11.6 Å². The zero-order valence-corrected chi connectivity index (χ0v) is 18.0. The summed E-state index contributed by atoms with van der Waals surface area (Å²) in [5, 5.41) is 0.763. The molecule has 1 aromatic carbocycles. The van der Waals surface area contributed by atoms with Crippen molar-refractivity contribution in [1.29, 1.82) is 0 Å². The SMILES string of the molecule is Cc1nccc(C2CCC(C3(c4nc(-c5ccc(Cl)cc5)c[nH]4)CC3)CC2)c1C. The Balaban J connectivity index is 1.31. The fourth-order valence-corrected chi connectivity index (χ4v) is 5.50. The zero-order valence-electron chi connectivity index (χ0n) is 17.2. The van der Waals surface area contributed by atoms with E-state index in [0.717, 1.165) is 22.2 Å². The van der Waals surface area contributed by atoms with E-state index in [1.165, 1.54) is 61.2 Å². The quantitative estimate of drug-likeness (QED) is 0.521. The fraction of sp³-hybridized carbons (Fsp3) is 0.440. The summed E-state index contributed by atoms with van der Waals surface area (Å²) in [5.41, 5.74) is 6.51. The van der Waals surface area contributed by atoms with Crippen molar-refractivity contribution in [1.82, 2.24) is 15.0 Å². The lowest BCUT2D eigenvalue weighted by molar-refractivity contribution is 0.261. The maximum atomic E-state index is 6.03. The van der Waals surface area contributed by atoms with Gasteiger partial charge in [0.15, 0.2) is 0 Å². The number of rotatable bonds is 4. The highest BCUT2D eigenvalue weighted by molar-refractivity contribution is 6.30. The molecule has 0 aliphatic heterocycles. The van der Waals surface area contributed by atoms with Gasteiger partial charge in [0.25, 0.3) is 0 Å². The molecule has 2 saturated carbocycles. The lowest BCUT2D eigenvalue weighted by Crippen LogP contribution is -2.26. The van der Waals surface area contributed by atoms with Gasteiger partial charge in [-0.1, -0.05) is 23.7 Å². The third-order valence-electron chi connectivity index (χ3n) is 7.42. The van der Waals surface area contributed by atoms with Gasteiger partial charge in [-0.2, -0.15) is 0 Å². The summed E-state index contributed by atoms with van der Waals surface area (Å²) >= 11 is 6.03. The van der Waals surface area contributed by atoms with Gasteiger partial charge in [0.05, 0.1) is 5.69 Å². The van der Waals surface area contributed by atoms with Crippen LogP contribution in [0.5, 0.6) is 0 Å². The van der Waals surface area contributed by atoms with Crippen LogP contribution in [0.15, 0.2) is 42.7 Å². The van der Waals surface area contributed by atoms with Crippen LogP contribution in [0, 0.1) is 19.8 Å². The van der Waals surface area contributed by atoms with E-state index < -0.39 is 0 Å². The van der Waals surface area contributed by atoms with Crippen molar-refractivity contribution >= 4 is 11.6 Å². The molecule has 150 valence electrons. The molecule has 0 atom stereocenters. The second-order valence-electron chi connectivity index (χ2n) is 8.96. The first-order chi connectivity index (χ1) is 14.1. The zero-order chi connectivity index (χ0) is 20.0. The van der Waals surface area contributed by atoms with Gasteiger partial charge in [-0.05, 0) is 93.5 Å². The topological polar surface area (TPSA) is 41.6 Å². The molecule has 0 amide bonds. The van der Waals surface area contributed by atoms with Crippen molar-refractivity contribution in [2.45, 2.75) is 63.7 Å². The predicted molar refractivity (Wildman–Crippen MR) is 118 cm³/mol. The smallest absolute Gasteiger partial charge is 0.113 e. The van der Waals surface area contributed by atoms with E-state index in [4.69, 9.17) is 16.6 Å². The number of nitrogens with zero attached hydrogens (tertiary/aromatic N) is 2. The molecule has 4 heteroatoms. The van der Waals surface area contributed by atoms with Crippen LogP contribution in [-0.2, 0) is 5.41 Å². The molecule has 3 aromatic rings. The van der Waals surface area contributed by atoms with Gasteiger partial charge < -0.3 is 4.98 Å². The number of imidazole rings is 1. The summed E-state index contributed by atoms with van der Waals surface area (Å²) in [7, 11) is 0. The Labute approximate surface area is 178 Å².